The van der Waals surface area contributed by atoms with Gasteiger partial charge in [0.15, 0.2) is 5.43 Å². The molecule has 2 aromatic heterocycles. The van der Waals surface area contributed by atoms with Crippen molar-refractivity contribution in [1.82, 2.24) is 4.40 Å². The number of pyridine rings is 1. The summed E-state index contributed by atoms with van der Waals surface area (Å²) in [4.78, 5) is 14.5. The lowest BCUT2D eigenvalue weighted by molar-refractivity contribution is 1.18. The van der Waals surface area contributed by atoms with Gasteiger partial charge in [-0.15, -0.1) is 0 Å². The van der Waals surface area contributed by atoms with Crippen molar-refractivity contribution in [3.63, 3.8) is 0 Å². The van der Waals surface area contributed by atoms with E-state index in [1.807, 2.05) is 18.2 Å². The smallest absolute Gasteiger partial charge is 0.192 e. The van der Waals surface area contributed by atoms with Crippen LogP contribution in [0.15, 0.2) is 120 Å². The number of hydrogen-bond acceptors (Lipinski definition) is 1. The molecule has 0 fully saturated rings. The molecule has 2 heterocycles. The van der Waals surface area contributed by atoms with Gasteiger partial charge in [0.1, 0.15) is 0 Å². The summed E-state index contributed by atoms with van der Waals surface area (Å²) in [5.41, 5.74) is 10.8. The monoisotopic (exact) mass is 489 g/mol. The van der Waals surface area contributed by atoms with Crippen LogP contribution in [0.2, 0.25) is 0 Å². The highest BCUT2D eigenvalue weighted by molar-refractivity contribution is 6.14. The topological polar surface area (TPSA) is 21.5 Å². The maximum absolute atomic E-state index is 14.5. The Morgan fingerprint density at radius 2 is 1.32 bits per heavy atom. The van der Waals surface area contributed by atoms with Gasteiger partial charge < -0.3 is 4.40 Å². The summed E-state index contributed by atoms with van der Waals surface area (Å²) in [6.45, 7) is 4.24. The summed E-state index contributed by atoms with van der Waals surface area (Å²) in [7, 11) is 0. The van der Waals surface area contributed by atoms with Crippen LogP contribution in [0.5, 0.6) is 0 Å². The van der Waals surface area contributed by atoms with E-state index >= 15 is 0 Å². The third-order valence-corrected chi connectivity index (χ3v) is 7.62. The number of aryl methyl sites for hydroxylation is 2. The number of nitrogens with zero attached hydrogens (tertiary/aromatic N) is 1. The van der Waals surface area contributed by atoms with Gasteiger partial charge in [-0.3, -0.25) is 4.79 Å². The minimum absolute atomic E-state index is 0.115. The van der Waals surface area contributed by atoms with E-state index in [2.05, 4.69) is 115 Å². The van der Waals surface area contributed by atoms with E-state index in [9.17, 15) is 4.79 Å². The van der Waals surface area contributed by atoms with E-state index in [0.29, 0.717) is 6.42 Å². The Morgan fingerprint density at radius 1 is 0.632 bits per heavy atom. The molecular formula is C36H27NO. The second-order valence-electron chi connectivity index (χ2n) is 10.3. The lowest BCUT2D eigenvalue weighted by atomic mass is 9.94. The SMILES string of the molecule is Cc1cccc(-c2c(-c3cccc(C)c3)n3c4ccccc4cc4cc(Cc5ccccc5)c(=O)c2c43)c1. The maximum Gasteiger partial charge on any atom is 0.192 e. The lowest BCUT2D eigenvalue weighted by Gasteiger charge is -2.12. The van der Waals surface area contributed by atoms with Crippen LogP contribution >= 0.6 is 0 Å². The standard InChI is InChI=1S/C36H27NO/c1-23-10-8-15-27(18-23)32-33-35-29(22-30(36(33)38)20-25-12-4-3-5-13-25)21-26-14-6-7-17-31(26)37(35)34(32)28-16-9-11-24(2)19-28/h3-19,21-22H,20H2,1-2H3. The van der Waals surface area contributed by atoms with Gasteiger partial charge in [0.25, 0.3) is 0 Å². The van der Waals surface area contributed by atoms with Gasteiger partial charge in [-0.25, -0.2) is 0 Å². The Kier molecular flexibility index (Phi) is 5.16. The fourth-order valence-corrected chi connectivity index (χ4v) is 5.98. The van der Waals surface area contributed by atoms with Gasteiger partial charge in [0.05, 0.1) is 22.1 Å². The van der Waals surface area contributed by atoms with Crippen LogP contribution in [0, 0.1) is 13.8 Å². The van der Waals surface area contributed by atoms with Crippen LogP contribution < -0.4 is 5.43 Å². The number of benzene rings is 5. The van der Waals surface area contributed by atoms with Gasteiger partial charge >= 0.3 is 0 Å². The minimum atomic E-state index is 0.115. The van der Waals surface area contributed by atoms with Crippen molar-refractivity contribution < 1.29 is 0 Å². The van der Waals surface area contributed by atoms with Crippen LogP contribution in [-0.4, -0.2) is 4.40 Å². The van der Waals surface area contributed by atoms with E-state index in [1.54, 1.807) is 0 Å². The average Bonchev–Trinajstić information content (AvgIpc) is 3.30. The molecule has 0 saturated heterocycles. The zero-order valence-corrected chi connectivity index (χ0v) is 21.5. The van der Waals surface area contributed by atoms with E-state index < -0.39 is 0 Å². The molecule has 0 atom stereocenters. The third-order valence-electron chi connectivity index (χ3n) is 7.62. The first-order valence-corrected chi connectivity index (χ1v) is 13.1. The first kappa shape index (κ1) is 22.5. The quantitative estimate of drug-likeness (QED) is 0.227. The van der Waals surface area contributed by atoms with Crippen molar-refractivity contribution in [3.8, 4) is 22.4 Å². The van der Waals surface area contributed by atoms with Crippen molar-refractivity contribution in [2.75, 3.05) is 0 Å². The molecule has 2 heteroatoms. The molecule has 0 N–H and O–H groups in total. The summed E-state index contributed by atoms with van der Waals surface area (Å²) < 4.78 is 2.33. The Balaban J connectivity index is 1.71. The predicted molar refractivity (Wildman–Crippen MR) is 159 cm³/mol. The number of fused-ring (bicyclic) bond motifs is 2. The van der Waals surface area contributed by atoms with E-state index in [0.717, 1.165) is 60.7 Å². The maximum atomic E-state index is 14.5. The number of hydrogen-bond donors (Lipinski definition) is 0. The molecule has 182 valence electrons. The van der Waals surface area contributed by atoms with Crippen LogP contribution in [0.25, 0.3) is 49.6 Å². The molecule has 0 spiro atoms. The van der Waals surface area contributed by atoms with Crippen molar-refractivity contribution >= 4 is 27.2 Å². The zero-order chi connectivity index (χ0) is 25.8. The zero-order valence-electron chi connectivity index (χ0n) is 21.5. The fraction of sp³-hybridized carbons (Fsp3) is 0.0833. The van der Waals surface area contributed by atoms with Crippen molar-refractivity contribution in [2.24, 2.45) is 0 Å². The molecule has 0 aliphatic carbocycles. The molecule has 0 aliphatic rings. The molecule has 38 heavy (non-hydrogen) atoms. The molecule has 0 radical (unpaired) electrons. The molecule has 2 nitrogen and oxygen atoms in total. The highest BCUT2D eigenvalue weighted by Crippen LogP contribution is 2.43. The summed E-state index contributed by atoms with van der Waals surface area (Å²) in [6.07, 6.45) is 0.607. The normalized spacial score (nSPS) is 11.6. The Morgan fingerprint density at radius 3 is 2.08 bits per heavy atom. The van der Waals surface area contributed by atoms with Crippen molar-refractivity contribution in [1.29, 1.82) is 0 Å². The van der Waals surface area contributed by atoms with Gasteiger partial charge in [0, 0.05) is 22.9 Å². The Labute approximate surface area is 221 Å². The number of aromatic nitrogens is 1. The molecule has 0 saturated carbocycles. The Bertz CT molecular complexity index is 2030. The minimum Gasteiger partial charge on any atom is -0.307 e. The third kappa shape index (κ3) is 3.53. The molecular weight excluding hydrogens is 462 g/mol. The lowest BCUT2D eigenvalue weighted by Crippen LogP contribution is -2.10. The molecule has 0 aliphatic heterocycles. The largest absolute Gasteiger partial charge is 0.307 e. The molecule has 7 rings (SSSR count). The van der Waals surface area contributed by atoms with Gasteiger partial charge in [-0.2, -0.15) is 0 Å². The summed E-state index contributed by atoms with van der Waals surface area (Å²) in [5, 5.41) is 3.06. The van der Waals surface area contributed by atoms with E-state index in [1.165, 1.54) is 11.1 Å². The average molecular weight is 490 g/mol. The summed E-state index contributed by atoms with van der Waals surface area (Å²) in [5.74, 6) is 0. The first-order valence-electron chi connectivity index (χ1n) is 13.1. The first-order chi connectivity index (χ1) is 18.6. The fourth-order valence-electron chi connectivity index (χ4n) is 5.98. The molecule has 0 amide bonds. The van der Waals surface area contributed by atoms with Crippen LogP contribution in [-0.2, 0) is 6.42 Å². The van der Waals surface area contributed by atoms with Crippen LogP contribution in [0.1, 0.15) is 22.3 Å². The van der Waals surface area contributed by atoms with Crippen LogP contribution in [0.4, 0.5) is 0 Å². The van der Waals surface area contributed by atoms with Crippen molar-refractivity contribution in [2.45, 2.75) is 20.3 Å². The van der Waals surface area contributed by atoms with E-state index in [4.69, 9.17) is 0 Å². The molecule has 5 aromatic carbocycles. The highest BCUT2D eigenvalue weighted by atomic mass is 16.1. The number of rotatable bonds is 4. The van der Waals surface area contributed by atoms with Gasteiger partial charge in [-0.1, -0.05) is 102 Å². The Hall–Kier alpha value is -4.69. The second-order valence-corrected chi connectivity index (χ2v) is 10.3. The highest BCUT2D eigenvalue weighted by Gasteiger charge is 2.25. The second kappa shape index (κ2) is 8.71. The summed E-state index contributed by atoms with van der Waals surface area (Å²) in [6, 6.07) is 40.3. The van der Waals surface area contributed by atoms with Crippen molar-refractivity contribution in [3.05, 3.63) is 148 Å². The predicted octanol–water partition coefficient (Wildman–Crippen LogP) is 8.59. The molecule has 0 unspecified atom stereocenters. The summed E-state index contributed by atoms with van der Waals surface area (Å²) >= 11 is 0. The van der Waals surface area contributed by atoms with E-state index in [-0.39, 0.29) is 5.43 Å². The van der Waals surface area contributed by atoms with Crippen LogP contribution in [0.3, 0.4) is 0 Å². The molecule has 7 aromatic rings. The van der Waals surface area contributed by atoms with Gasteiger partial charge in [-0.05, 0) is 60.2 Å². The molecule has 0 bridgehead atoms. The van der Waals surface area contributed by atoms with Gasteiger partial charge in [0.2, 0.25) is 0 Å². The number of para-hydroxylation sites is 1.